The van der Waals surface area contributed by atoms with E-state index in [0.717, 1.165) is 11.0 Å². The van der Waals surface area contributed by atoms with Crippen LogP contribution in [0.15, 0.2) is 29.1 Å². The van der Waals surface area contributed by atoms with Gasteiger partial charge in [0, 0.05) is 7.05 Å². The number of nitrogens with zero attached hydrogens (tertiary/aromatic N) is 2. The van der Waals surface area contributed by atoms with E-state index in [0.29, 0.717) is 0 Å². The number of benzene rings is 1. The van der Waals surface area contributed by atoms with E-state index >= 15 is 0 Å². The van der Waals surface area contributed by atoms with Crippen molar-refractivity contribution in [1.82, 2.24) is 9.13 Å². The number of aliphatic hydroxyl groups is 1. The summed E-state index contributed by atoms with van der Waals surface area (Å²) in [4.78, 5) is 12.1. The number of hydrogen-bond acceptors (Lipinski definition) is 3. The fourth-order valence-electron chi connectivity index (χ4n) is 2.11. The van der Waals surface area contributed by atoms with Crippen LogP contribution < -0.4 is 5.69 Å². The summed E-state index contributed by atoms with van der Waals surface area (Å²) < 4.78 is 8.54. The van der Waals surface area contributed by atoms with E-state index in [1.165, 1.54) is 0 Å². The molecule has 0 saturated heterocycles. The van der Waals surface area contributed by atoms with Crippen LogP contribution in [-0.2, 0) is 18.3 Å². The highest BCUT2D eigenvalue weighted by Crippen LogP contribution is 2.12. The van der Waals surface area contributed by atoms with Crippen LogP contribution in [0.25, 0.3) is 11.0 Å². The maximum Gasteiger partial charge on any atom is 0.328 e. The zero-order valence-electron chi connectivity index (χ0n) is 11.5. The van der Waals surface area contributed by atoms with Gasteiger partial charge in [-0.1, -0.05) is 12.1 Å². The molecule has 5 nitrogen and oxygen atoms in total. The Labute approximate surface area is 112 Å². The van der Waals surface area contributed by atoms with Crippen molar-refractivity contribution in [3.05, 3.63) is 34.7 Å². The lowest BCUT2D eigenvalue weighted by Crippen LogP contribution is -2.30. The Morgan fingerprint density at radius 2 is 1.89 bits per heavy atom. The smallest absolute Gasteiger partial charge is 0.328 e. The Balaban J connectivity index is 2.25. The maximum atomic E-state index is 12.1. The second-order valence-corrected chi connectivity index (χ2v) is 4.98. The Morgan fingerprint density at radius 3 is 2.53 bits per heavy atom. The zero-order valence-corrected chi connectivity index (χ0v) is 11.5. The molecule has 0 amide bonds. The molecule has 0 radical (unpaired) electrons. The number of rotatable bonds is 5. The molecule has 1 heterocycles. The lowest BCUT2D eigenvalue weighted by Gasteiger charge is -2.14. The van der Waals surface area contributed by atoms with Crippen molar-refractivity contribution in [1.29, 1.82) is 0 Å². The zero-order chi connectivity index (χ0) is 14.0. The molecule has 0 fully saturated rings. The number of imidazole rings is 1. The maximum absolute atomic E-state index is 12.1. The molecule has 0 spiro atoms. The molecular formula is C14H20N2O3. The molecule has 104 valence electrons. The Hall–Kier alpha value is -1.59. The van der Waals surface area contributed by atoms with Gasteiger partial charge < -0.3 is 9.84 Å². The number of hydrogen-bond donors (Lipinski definition) is 1. The van der Waals surface area contributed by atoms with E-state index < -0.39 is 6.10 Å². The largest absolute Gasteiger partial charge is 0.389 e. The predicted octanol–water partition coefficient (Wildman–Crippen LogP) is 1.13. The van der Waals surface area contributed by atoms with Crippen LogP contribution in [-0.4, -0.2) is 33.1 Å². The second kappa shape index (κ2) is 5.59. The normalized spacial score (nSPS) is 13.3. The van der Waals surface area contributed by atoms with Gasteiger partial charge in [0.05, 0.1) is 36.4 Å². The fourth-order valence-corrected chi connectivity index (χ4v) is 2.11. The molecule has 1 aromatic carbocycles. The van der Waals surface area contributed by atoms with Gasteiger partial charge in [-0.15, -0.1) is 0 Å². The van der Waals surface area contributed by atoms with Crippen molar-refractivity contribution in [2.75, 3.05) is 6.61 Å². The second-order valence-electron chi connectivity index (χ2n) is 4.98. The minimum atomic E-state index is -0.689. The van der Waals surface area contributed by atoms with Crippen LogP contribution >= 0.6 is 0 Å². The van der Waals surface area contributed by atoms with Crippen molar-refractivity contribution in [2.24, 2.45) is 7.05 Å². The SMILES string of the molecule is CC(C)OCC(O)Cn1c(=O)n(C)c2ccccc21. The molecule has 2 aromatic rings. The standard InChI is InChI=1S/C14H20N2O3/c1-10(2)19-9-11(17)8-16-13-7-5-4-6-12(13)15(3)14(16)18/h4-7,10-11,17H,8-9H2,1-3H3. The molecular weight excluding hydrogens is 244 g/mol. The van der Waals surface area contributed by atoms with Crippen molar-refractivity contribution >= 4 is 11.0 Å². The van der Waals surface area contributed by atoms with Crippen LogP contribution in [0.3, 0.4) is 0 Å². The van der Waals surface area contributed by atoms with Crippen LogP contribution in [0.1, 0.15) is 13.8 Å². The molecule has 0 saturated carbocycles. The number of aromatic nitrogens is 2. The van der Waals surface area contributed by atoms with Gasteiger partial charge in [-0.2, -0.15) is 0 Å². The van der Waals surface area contributed by atoms with Gasteiger partial charge in [0.2, 0.25) is 0 Å². The topological polar surface area (TPSA) is 56.4 Å². The summed E-state index contributed by atoms with van der Waals surface area (Å²) in [5, 5.41) is 9.95. The summed E-state index contributed by atoms with van der Waals surface area (Å²) in [5.41, 5.74) is 1.58. The molecule has 1 unspecified atom stereocenters. The van der Waals surface area contributed by atoms with Gasteiger partial charge in [-0.05, 0) is 26.0 Å². The monoisotopic (exact) mass is 264 g/mol. The Bertz CT molecular complexity index is 613. The van der Waals surface area contributed by atoms with Crippen molar-refractivity contribution < 1.29 is 9.84 Å². The summed E-state index contributed by atoms with van der Waals surface area (Å²) in [6, 6.07) is 7.55. The first kappa shape index (κ1) is 13.8. The third-order valence-corrected chi connectivity index (χ3v) is 3.07. The van der Waals surface area contributed by atoms with Crippen molar-refractivity contribution in [3.63, 3.8) is 0 Å². The quantitative estimate of drug-likeness (QED) is 0.880. The third kappa shape index (κ3) is 2.88. The Kier molecular flexibility index (Phi) is 4.07. The molecule has 0 bridgehead atoms. The number of fused-ring (bicyclic) bond motifs is 1. The molecule has 2 rings (SSSR count). The number of aryl methyl sites for hydroxylation is 1. The fraction of sp³-hybridized carbons (Fsp3) is 0.500. The minimum Gasteiger partial charge on any atom is -0.389 e. The molecule has 1 aromatic heterocycles. The molecule has 1 N–H and O–H groups in total. The predicted molar refractivity (Wildman–Crippen MR) is 74.3 cm³/mol. The molecule has 1 atom stereocenters. The van der Waals surface area contributed by atoms with Crippen LogP contribution in [0.2, 0.25) is 0 Å². The number of aliphatic hydroxyl groups excluding tert-OH is 1. The van der Waals surface area contributed by atoms with E-state index in [4.69, 9.17) is 4.74 Å². The highest BCUT2D eigenvalue weighted by atomic mass is 16.5. The summed E-state index contributed by atoms with van der Waals surface area (Å²) in [5.74, 6) is 0. The van der Waals surface area contributed by atoms with Crippen LogP contribution in [0.4, 0.5) is 0 Å². The first-order valence-corrected chi connectivity index (χ1v) is 6.44. The third-order valence-electron chi connectivity index (χ3n) is 3.07. The van der Waals surface area contributed by atoms with E-state index in [-0.39, 0.29) is 24.9 Å². The number of para-hydroxylation sites is 2. The van der Waals surface area contributed by atoms with E-state index in [1.54, 1.807) is 16.2 Å². The van der Waals surface area contributed by atoms with Gasteiger partial charge in [-0.25, -0.2) is 4.79 Å². The van der Waals surface area contributed by atoms with Gasteiger partial charge in [0.25, 0.3) is 0 Å². The first-order valence-electron chi connectivity index (χ1n) is 6.44. The summed E-state index contributed by atoms with van der Waals surface area (Å²) >= 11 is 0. The average Bonchev–Trinajstić information content (AvgIpc) is 2.62. The van der Waals surface area contributed by atoms with Gasteiger partial charge in [0.1, 0.15) is 0 Å². The highest BCUT2D eigenvalue weighted by molar-refractivity contribution is 5.75. The summed E-state index contributed by atoms with van der Waals surface area (Å²) in [6.45, 7) is 4.30. The van der Waals surface area contributed by atoms with E-state index in [1.807, 2.05) is 38.1 Å². The summed E-state index contributed by atoms with van der Waals surface area (Å²) in [7, 11) is 1.73. The lowest BCUT2D eigenvalue weighted by atomic mass is 10.3. The highest BCUT2D eigenvalue weighted by Gasteiger charge is 2.14. The average molecular weight is 264 g/mol. The molecule has 19 heavy (non-hydrogen) atoms. The van der Waals surface area contributed by atoms with Crippen molar-refractivity contribution in [2.45, 2.75) is 32.6 Å². The van der Waals surface area contributed by atoms with Gasteiger partial charge >= 0.3 is 5.69 Å². The molecule has 0 aliphatic carbocycles. The van der Waals surface area contributed by atoms with Gasteiger partial charge in [-0.3, -0.25) is 9.13 Å². The molecule has 0 aliphatic rings. The molecule has 5 heteroatoms. The molecule has 0 aliphatic heterocycles. The van der Waals surface area contributed by atoms with Crippen molar-refractivity contribution in [3.8, 4) is 0 Å². The number of ether oxygens (including phenoxy) is 1. The first-order chi connectivity index (χ1) is 9.00. The van der Waals surface area contributed by atoms with Crippen LogP contribution in [0.5, 0.6) is 0 Å². The van der Waals surface area contributed by atoms with E-state index in [9.17, 15) is 9.90 Å². The van der Waals surface area contributed by atoms with E-state index in [2.05, 4.69) is 0 Å². The van der Waals surface area contributed by atoms with Crippen LogP contribution in [0, 0.1) is 0 Å². The summed E-state index contributed by atoms with van der Waals surface area (Å²) in [6.07, 6.45) is -0.621. The van der Waals surface area contributed by atoms with Gasteiger partial charge in [0.15, 0.2) is 0 Å². The minimum absolute atomic E-state index is 0.0684. The lowest BCUT2D eigenvalue weighted by molar-refractivity contribution is -0.000657. The Morgan fingerprint density at radius 1 is 1.26 bits per heavy atom.